The first-order chi connectivity index (χ1) is 14.4. The van der Waals surface area contributed by atoms with Gasteiger partial charge in [-0.2, -0.15) is 0 Å². The number of hydrogen-bond donors (Lipinski definition) is 1. The predicted molar refractivity (Wildman–Crippen MR) is 114 cm³/mol. The average molecular weight is 405 g/mol. The Hall–Kier alpha value is -3.80. The molecule has 0 aliphatic heterocycles. The highest BCUT2D eigenvalue weighted by atomic mass is 16.6. The summed E-state index contributed by atoms with van der Waals surface area (Å²) in [6, 6.07) is 20.8. The number of amides is 1. The first-order valence-electron chi connectivity index (χ1n) is 9.45. The minimum Gasteiger partial charge on any atom is -0.497 e. The highest BCUT2D eigenvalue weighted by Gasteiger charge is 2.17. The molecule has 3 aromatic carbocycles. The van der Waals surface area contributed by atoms with Gasteiger partial charge < -0.3 is 19.5 Å². The largest absolute Gasteiger partial charge is 0.497 e. The van der Waals surface area contributed by atoms with Crippen LogP contribution in [0.3, 0.4) is 0 Å². The van der Waals surface area contributed by atoms with Crippen LogP contribution < -0.4 is 19.5 Å². The molecule has 1 unspecified atom stereocenters. The van der Waals surface area contributed by atoms with Crippen LogP contribution in [0.1, 0.15) is 22.8 Å². The number of carbonyl (C=O) groups is 2. The van der Waals surface area contributed by atoms with Crippen LogP contribution in [-0.2, 0) is 4.79 Å². The molecule has 0 saturated heterocycles. The minimum atomic E-state index is -0.773. The van der Waals surface area contributed by atoms with Crippen molar-refractivity contribution in [3.8, 4) is 17.2 Å². The molecule has 1 atom stereocenters. The average Bonchev–Trinajstić information content (AvgIpc) is 2.74. The van der Waals surface area contributed by atoms with Crippen molar-refractivity contribution in [1.29, 1.82) is 0 Å². The topological polar surface area (TPSA) is 73.9 Å². The Morgan fingerprint density at radius 2 is 1.53 bits per heavy atom. The molecule has 0 fully saturated rings. The molecule has 0 aliphatic rings. The zero-order valence-corrected chi connectivity index (χ0v) is 17.0. The monoisotopic (exact) mass is 405 g/mol. The number of rotatable bonds is 7. The number of hydrogen-bond acceptors (Lipinski definition) is 5. The van der Waals surface area contributed by atoms with Crippen LogP contribution in [0.4, 0.5) is 5.69 Å². The van der Waals surface area contributed by atoms with Crippen LogP contribution in [0, 0.1) is 6.92 Å². The van der Waals surface area contributed by atoms with Crippen molar-refractivity contribution >= 4 is 17.6 Å². The SMILES string of the molecule is COc1ccc(NC(=O)c2ccc(OC(=O)C(C)Oc3cccc(C)c3)cc2)cc1. The van der Waals surface area contributed by atoms with E-state index in [0.29, 0.717) is 28.5 Å². The zero-order chi connectivity index (χ0) is 21.5. The van der Waals surface area contributed by atoms with Gasteiger partial charge in [0.15, 0.2) is 6.10 Å². The Kier molecular flexibility index (Phi) is 6.70. The highest BCUT2D eigenvalue weighted by Crippen LogP contribution is 2.19. The summed E-state index contributed by atoms with van der Waals surface area (Å²) < 4.78 is 16.1. The molecular weight excluding hydrogens is 382 g/mol. The maximum atomic E-state index is 12.4. The fraction of sp³-hybridized carbons (Fsp3) is 0.167. The van der Waals surface area contributed by atoms with Crippen molar-refractivity contribution in [2.24, 2.45) is 0 Å². The summed E-state index contributed by atoms with van der Waals surface area (Å²) in [5.41, 5.74) is 2.13. The molecule has 1 amide bonds. The quantitative estimate of drug-likeness (QED) is 0.458. The standard InChI is InChI=1S/C24H23NO5/c1-16-5-4-6-22(15-16)29-17(2)24(27)30-21-11-7-18(8-12-21)23(26)25-19-9-13-20(28-3)14-10-19/h4-15,17H,1-3H3,(H,25,26). The van der Waals surface area contributed by atoms with Crippen LogP contribution in [0.15, 0.2) is 72.8 Å². The first kappa shape index (κ1) is 20.9. The molecule has 0 spiro atoms. The summed E-state index contributed by atoms with van der Waals surface area (Å²) in [4.78, 5) is 24.6. The number of methoxy groups -OCH3 is 1. The molecule has 0 aliphatic carbocycles. The molecule has 0 bridgehead atoms. The van der Waals surface area contributed by atoms with E-state index in [9.17, 15) is 9.59 Å². The van der Waals surface area contributed by atoms with Gasteiger partial charge in [-0.1, -0.05) is 12.1 Å². The van der Waals surface area contributed by atoms with Crippen molar-refractivity contribution < 1.29 is 23.8 Å². The van der Waals surface area contributed by atoms with Gasteiger partial charge in [0.25, 0.3) is 5.91 Å². The molecule has 0 aromatic heterocycles. The molecule has 6 nitrogen and oxygen atoms in total. The number of nitrogens with one attached hydrogen (secondary N) is 1. The summed E-state index contributed by atoms with van der Waals surface area (Å²) in [6.45, 7) is 3.57. The molecule has 0 heterocycles. The Labute approximate surface area is 175 Å². The summed E-state index contributed by atoms with van der Waals surface area (Å²) in [5, 5.41) is 2.80. The van der Waals surface area contributed by atoms with Gasteiger partial charge in [0.2, 0.25) is 0 Å². The van der Waals surface area contributed by atoms with E-state index in [1.165, 1.54) is 0 Å². The number of carbonyl (C=O) groups excluding carboxylic acids is 2. The second-order valence-corrected chi connectivity index (χ2v) is 6.70. The highest BCUT2D eigenvalue weighted by molar-refractivity contribution is 6.04. The molecule has 0 radical (unpaired) electrons. The normalized spacial score (nSPS) is 11.3. The molecule has 154 valence electrons. The third-order valence-corrected chi connectivity index (χ3v) is 4.32. The van der Waals surface area contributed by atoms with E-state index >= 15 is 0 Å². The number of ether oxygens (including phenoxy) is 3. The van der Waals surface area contributed by atoms with Gasteiger partial charge in [0.05, 0.1) is 7.11 Å². The van der Waals surface area contributed by atoms with Gasteiger partial charge in [-0.3, -0.25) is 4.79 Å². The van der Waals surface area contributed by atoms with Gasteiger partial charge in [-0.15, -0.1) is 0 Å². The van der Waals surface area contributed by atoms with E-state index in [1.807, 2.05) is 25.1 Å². The van der Waals surface area contributed by atoms with Crippen molar-refractivity contribution in [2.75, 3.05) is 12.4 Å². The van der Waals surface area contributed by atoms with Crippen LogP contribution in [0.5, 0.6) is 17.2 Å². The lowest BCUT2D eigenvalue weighted by molar-refractivity contribution is -0.141. The summed E-state index contributed by atoms with van der Waals surface area (Å²) in [6.07, 6.45) is -0.773. The predicted octanol–water partition coefficient (Wildman–Crippen LogP) is 4.63. The number of aryl methyl sites for hydroxylation is 1. The molecule has 3 aromatic rings. The third kappa shape index (κ3) is 5.61. The lowest BCUT2D eigenvalue weighted by atomic mass is 10.2. The second kappa shape index (κ2) is 9.60. The maximum absolute atomic E-state index is 12.4. The Balaban J connectivity index is 1.56. The lowest BCUT2D eigenvalue weighted by Gasteiger charge is -2.14. The van der Waals surface area contributed by atoms with E-state index in [4.69, 9.17) is 14.2 Å². The molecular formula is C24H23NO5. The fourth-order valence-electron chi connectivity index (χ4n) is 2.69. The minimum absolute atomic E-state index is 0.269. The Bertz CT molecular complexity index is 1010. The van der Waals surface area contributed by atoms with Gasteiger partial charge in [-0.05, 0) is 80.1 Å². The van der Waals surface area contributed by atoms with E-state index in [0.717, 1.165) is 5.56 Å². The zero-order valence-electron chi connectivity index (χ0n) is 17.0. The van der Waals surface area contributed by atoms with E-state index in [-0.39, 0.29) is 5.91 Å². The van der Waals surface area contributed by atoms with Crippen LogP contribution in [0.2, 0.25) is 0 Å². The van der Waals surface area contributed by atoms with E-state index in [2.05, 4.69) is 5.32 Å². The van der Waals surface area contributed by atoms with Crippen LogP contribution in [0.25, 0.3) is 0 Å². The maximum Gasteiger partial charge on any atom is 0.352 e. The van der Waals surface area contributed by atoms with Gasteiger partial charge in [-0.25, -0.2) is 4.79 Å². The molecule has 0 saturated carbocycles. The number of anilines is 1. The van der Waals surface area contributed by atoms with Gasteiger partial charge in [0, 0.05) is 11.3 Å². The number of esters is 1. The second-order valence-electron chi connectivity index (χ2n) is 6.70. The summed E-state index contributed by atoms with van der Waals surface area (Å²) in [7, 11) is 1.58. The van der Waals surface area contributed by atoms with Crippen molar-refractivity contribution in [3.05, 3.63) is 83.9 Å². The van der Waals surface area contributed by atoms with Crippen molar-refractivity contribution in [3.63, 3.8) is 0 Å². The molecule has 1 N–H and O–H groups in total. The van der Waals surface area contributed by atoms with Gasteiger partial charge in [0.1, 0.15) is 17.2 Å². The smallest absolute Gasteiger partial charge is 0.352 e. The Morgan fingerprint density at radius 3 is 2.17 bits per heavy atom. The van der Waals surface area contributed by atoms with Crippen molar-refractivity contribution in [1.82, 2.24) is 0 Å². The summed E-state index contributed by atoms with van der Waals surface area (Å²) in [5.74, 6) is 0.853. The Morgan fingerprint density at radius 1 is 0.867 bits per heavy atom. The van der Waals surface area contributed by atoms with Gasteiger partial charge >= 0.3 is 5.97 Å². The first-order valence-corrected chi connectivity index (χ1v) is 9.45. The molecule has 3 rings (SSSR count). The third-order valence-electron chi connectivity index (χ3n) is 4.32. The van der Waals surface area contributed by atoms with Crippen LogP contribution in [-0.4, -0.2) is 25.1 Å². The van der Waals surface area contributed by atoms with Crippen LogP contribution >= 0.6 is 0 Å². The molecule has 6 heteroatoms. The molecule has 30 heavy (non-hydrogen) atoms. The van der Waals surface area contributed by atoms with E-state index in [1.54, 1.807) is 68.6 Å². The fourth-order valence-corrected chi connectivity index (χ4v) is 2.69. The van der Waals surface area contributed by atoms with E-state index < -0.39 is 12.1 Å². The summed E-state index contributed by atoms with van der Waals surface area (Å²) >= 11 is 0. The van der Waals surface area contributed by atoms with Crippen molar-refractivity contribution in [2.45, 2.75) is 20.0 Å². The lowest BCUT2D eigenvalue weighted by Crippen LogP contribution is -2.28. The number of benzene rings is 3.